The molecule has 0 radical (unpaired) electrons. The largest absolute Gasteiger partial charge is 0.387 e. The Bertz CT molecular complexity index is 885. The van der Waals surface area contributed by atoms with Crippen LogP contribution in [-0.2, 0) is 25.6 Å². The van der Waals surface area contributed by atoms with Gasteiger partial charge in [0, 0.05) is 0 Å². The molecule has 26 heavy (non-hydrogen) atoms. The molecule has 1 aliphatic rings. The van der Waals surface area contributed by atoms with Crippen LogP contribution in [0.25, 0.3) is 11.2 Å². The Kier molecular flexibility index (Phi) is 5.23. The zero-order valence-electron chi connectivity index (χ0n) is 14.3. The maximum atomic E-state index is 10.9. The predicted molar refractivity (Wildman–Crippen MR) is 88.8 cm³/mol. The Morgan fingerprint density at radius 1 is 1.31 bits per heavy atom. The summed E-state index contributed by atoms with van der Waals surface area (Å²) in [4.78, 5) is 12.7. The second-order valence-electron chi connectivity index (χ2n) is 6.57. The van der Waals surface area contributed by atoms with Gasteiger partial charge in [0.25, 0.3) is 0 Å². The van der Waals surface area contributed by atoms with E-state index in [0.29, 0.717) is 23.5 Å². The van der Waals surface area contributed by atoms with Gasteiger partial charge in [0.15, 0.2) is 11.9 Å². The van der Waals surface area contributed by atoms with Crippen molar-refractivity contribution in [2.75, 3.05) is 6.61 Å². The molecule has 0 saturated carbocycles. The molecule has 12 heteroatoms. The van der Waals surface area contributed by atoms with Crippen molar-refractivity contribution >= 4 is 21.5 Å². The maximum Gasteiger partial charge on any atom is 0.333 e. The topological polar surface area (TPSA) is 163 Å². The first-order chi connectivity index (χ1) is 12.2. The summed E-state index contributed by atoms with van der Waals surface area (Å²) in [6.07, 6.45) is -1.24. The average molecular weight is 387 g/mol. The smallest absolute Gasteiger partial charge is 0.333 e. The van der Waals surface area contributed by atoms with Gasteiger partial charge in [-0.05, 0) is 12.3 Å². The summed E-state index contributed by atoms with van der Waals surface area (Å²) in [5.74, 6) is 0.369. The standard InChI is InChI=1S/C14H21N5O6S/c1-7(2)3-8-10-13(17-5-16-8)19(6-18-10)14-12(21)11(20)9(25-14)4-24-26(15,22)23/h5-7,9,11-12,14,20-21H,3-4H2,1-2H3,(H2,15,22,23)/t9-,11-,12-,14-/m1/s1. The predicted octanol–water partition coefficient (Wildman–Crippen LogP) is -1.14. The molecule has 4 N–H and O–H groups in total. The third-order valence-corrected chi connectivity index (χ3v) is 4.51. The highest BCUT2D eigenvalue weighted by molar-refractivity contribution is 7.84. The van der Waals surface area contributed by atoms with Gasteiger partial charge in [-0.15, -0.1) is 0 Å². The lowest BCUT2D eigenvalue weighted by molar-refractivity contribution is -0.0467. The van der Waals surface area contributed by atoms with Gasteiger partial charge in [-0.25, -0.2) is 20.1 Å². The van der Waals surface area contributed by atoms with Crippen LogP contribution < -0.4 is 5.14 Å². The number of aliphatic hydroxyl groups excluding tert-OH is 2. The van der Waals surface area contributed by atoms with Crippen molar-refractivity contribution in [3.05, 3.63) is 18.3 Å². The number of fused-ring (bicyclic) bond motifs is 1. The van der Waals surface area contributed by atoms with Crippen molar-refractivity contribution < 1.29 is 27.6 Å². The molecule has 0 aromatic carbocycles. The number of hydrogen-bond donors (Lipinski definition) is 3. The SMILES string of the molecule is CC(C)Cc1ncnc2c1ncn2[C@@H]1O[C@H](COS(N)(=O)=O)[C@@H](O)[C@H]1O. The molecule has 1 aliphatic heterocycles. The van der Waals surface area contributed by atoms with Crippen molar-refractivity contribution in [1.29, 1.82) is 0 Å². The minimum absolute atomic E-state index is 0.369. The Balaban J connectivity index is 1.87. The molecule has 144 valence electrons. The van der Waals surface area contributed by atoms with E-state index in [0.717, 1.165) is 5.69 Å². The first kappa shape index (κ1) is 19.1. The van der Waals surface area contributed by atoms with Gasteiger partial charge in [-0.3, -0.25) is 8.75 Å². The molecule has 0 unspecified atom stereocenters. The number of imidazole rings is 1. The van der Waals surface area contributed by atoms with Crippen molar-refractivity contribution in [1.82, 2.24) is 19.5 Å². The number of nitrogens with two attached hydrogens (primary N) is 1. The van der Waals surface area contributed by atoms with E-state index in [-0.39, 0.29) is 0 Å². The fraction of sp³-hybridized carbons (Fsp3) is 0.643. The van der Waals surface area contributed by atoms with Gasteiger partial charge >= 0.3 is 10.3 Å². The second-order valence-corrected chi connectivity index (χ2v) is 7.79. The molecular formula is C14H21N5O6S. The van der Waals surface area contributed by atoms with Gasteiger partial charge in [0.05, 0.1) is 18.6 Å². The third kappa shape index (κ3) is 3.84. The van der Waals surface area contributed by atoms with E-state index in [9.17, 15) is 18.6 Å². The zero-order chi connectivity index (χ0) is 19.1. The van der Waals surface area contributed by atoms with Crippen LogP contribution in [0.2, 0.25) is 0 Å². The van der Waals surface area contributed by atoms with Crippen molar-refractivity contribution in [3.8, 4) is 0 Å². The number of hydrogen-bond acceptors (Lipinski definition) is 9. The molecule has 4 atom stereocenters. The second kappa shape index (κ2) is 7.13. The summed E-state index contributed by atoms with van der Waals surface area (Å²) >= 11 is 0. The highest BCUT2D eigenvalue weighted by atomic mass is 32.2. The molecule has 1 saturated heterocycles. The molecule has 0 aliphatic carbocycles. The summed E-state index contributed by atoms with van der Waals surface area (Å²) in [5.41, 5.74) is 1.79. The molecule has 0 amide bonds. The lowest BCUT2D eigenvalue weighted by atomic mass is 10.1. The van der Waals surface area contributed by atoms with Gasteiger partial charge < -0.3 is 14.9 Å². The van der Waals surface area contributed by atoms with Gasteiger partial charge in [-0.1, -0.05) is 13.8 Å². The summed E-state index contributed by atoms with van der Waals surface area (Å²) in [7, 11) is -4.19. The Morgan fingerprint density at radius 3 is 2.69 bits per heavy atom. The van der Waals surface area contributed by atoms with E-state index in [2.05, 4.69) is 33.0 Å². The minimum Gasteiger partial charge on any atom is -0.387 e. The molecule has 3 heterocycles. The quantitative estimate of drug-likeness (QED) is 0.556. The molecule has 0 bridgehead atoms. The third-order valence-electron chi connectivity index (χ3n) is 4.04. The van der Waals surface area contributed by atoms with E-state index in [4.69, 9.17) is 9.88 Å². The summed E-state index contributed by atoms with van der Waals surface area (Å²) in [5, 5.41) is 25.2. The fourth-order valence-electron chi connectivity index (χ4n) is 2.88. The van der Waals surface area contributed by atoms with E-state index >= 15 is 0 Å². The normalized spacial score (nSPS) is 26.8. The first-order valence-corrected chi connectivity index (χ1v) is 9.49. The molecule has 2 aromatic rings. The molecule has 3 rings (SSSR count). The van der Waals surface area contributed by atoms with Gasteiger partial charge in [0.2, 0.25) is 0 Å². The fourth-order valence-corrected chi connectivity index (χ4v) is 3.21. The van der Waals surface area contributed by atoms with Gasteiger partial charge in [0.1, 0.15) is 30.2 Å². The zero-order valence-corrected chi connectivity index (χ0v) is 15.1. The van der Waals surface area contributed by atoms with Crippen LogP contribution in [0.3, 0.4) is 0 Å². The first-order valence-electron chi connectivity index (χ1n) is 8.02. The van der Waals surface area contributed by atoms with Gasteiger partial charge in [-0.2, -0.15) is 8.42 Å². The molecule has 11 nitrogen and oxygen atoms in total. The Hall–Kier alpha value is -1.70. The van der Waals surface area contributed by atoms with E-state index in [1.54, 1.807) is 0 Å². The number of aromatic nitrogens is 4. The lowest BCUT2D eigenvalue weighted by Gasteiger charge is -2.16. The summed E-state index contributed by atoms with van der Waals surface area (Å²) in [6.45, 7) is 3.59. The van der Waals surface area contributed by atoms with Crippen molar-refractivity contribution in [2.45, 2.75) is 44.8 Å². The van der Waals surface area contributed by atoms with Crippen LogP contribution in [-0.4, -0.2) is 63.1 Å². The van der Waals surface area contributed by atoms with Crippen molar-refractivity contribution in [2.24, 2.45) is 11.1 Å². The highest BCUT2D eigenvalue weighted by Crippen LogP contribution is 2.32. The monoisotopic (exact) mass is 387 g/mol. The number of rotatable bonds is 6. The number of aliphatic hydroxyl groups is 2. The van der Waals surface area contributed by atoms with Crippen LogP contribution >= 0.6 is 0 Å². The Morgan fingerprint density at radius 2 is 2.04 bits per heavy atom. The van der Waals surface area contributed by atoms with Crippen molar-refractivity contribution in [3.63, 3.8) is 0 Å². The van der Waals surface area contributed by atoms with Crippen LogP contribution in [0.5, 0.6) is 0 Å². The minimum atomic E-state index is -4.19. The Labute approximate surface area is 150 Å². The molecule has 0 spiro atoms. The molecule has 1 fully saturated rings. The summed E-state index contributed by atoms with van der Waals surface area (Å²) < 4.78 is 33.3. The number of ether oxygens (including phenoxy) is 1. The van der Waals surface area contributed by atoms with Crippen LogP contribution in [0, 0.1) is 5.92 Å². The average Bonchev–Trinajstić information content (AvgIpc) is 3.08. The van der Waals surface area contributed by atoms with Crippen LogP contribution in [0.4, 0.5) is 0 Å². The van der Waals surface area contributed by atoms with E-state index < -0.39 is 41.5 Å². The summed E-state index contributed by atoms with van der Waals surface area (Å²) in [6, 6.07) is 0. The number of nitrogens with zero attached hydrogens (tertiary/aromatic N) is 4. The van der Waals surface area contributed by atoms with E-state index in [1.807, 2.05) is 0 Å². The molecular weight excluding hydrogens is 366 g/mol. The van der Waals surface area contributed by atoms with Crippen LogP contribution in [0.15, 0.2) is 12.7 Å². The van der Waals surface area contributed by atoms with E-state index in [1.165, 1.54) is 17.2 Å². The van der Waals surface area contributed by atoms with Crippen LogP contribution in [0.1, 0.15) is 25.8 Å². The lowest BCUT2D eigenvalue weighted by Crippen LogP contribution is -2.35. The highest BCUT2D eigenvalue weighted by Gasteiger charge is 2.44. The molecule has 2 aromatic heterocycles. The maximum absolute atomic E-state index is 10.9.